The molecule has 1 heterocycles. The van der Waals surface area contributed by atoms with E-state index >= 15 is 0 Å². The van der Waals surface area contributed by atoms with Crippen molar-refractivity contribution in [3.8, 4) is 0 Å². The second-order valence-electron chi connectivity index (χ2n) is 5.56. The molecule has 4 nitrogen and oxygen atoms in total. The van der Waals surface area contributed by atoms with Gasteiger partial charge in [-0.1, -0.05) is 23.7 Å². The van der Waals surface area contributed by atoms with E-state index in [0.717, 1.165) is 29.9 Å². The standard InChI is InChI=1S/C18H19ClN2O2/c19-16-3-1-2-4-17(16)20-14-5-7-15(8-6-14)21-18(22)13-9-11-23-12-10-13/h1-8,13,20H,9-12H2,(H,21,22). The lowest BCUT2D eigenvalue weighted by atomic mass is 9.99. The van der Waals surface area contributed by atoms with Gasteiger partial charge in [-0.15, -0.1) is 0 Å². The van der Waals surface area contributed by atoms with E-state index in [1.165, 1.54) is 0 Å². The van der Waals surface area contributed by atoms with E-state index < -0.39 is 0 Å². The molecule has 3 rings (SSSR count). The van der Waals surface area contributed by atoms with Crippen LogP contribution in [0.2, 0.25) is 5.02 Å². The molecule has 0 saturated carbocycles. The second-order valence-corrected chi connectivity index (χ2v) is 5.97. The third kappa shape index (κ3) is 4.24. The SMILES string of the molecule is O=C(Nc1ccc(Nc2ccccc2Cl)cc1)C1CCOCC1. The van der Waals surface area contributed by atoms with Crippen molar-refractivity contribution in [2.24, 2.45) is 5.92 Å². The lowest BCUT2D eigenvalue weighted by Gasteiger charge is -2.21. The molecule has 2 aromatic carbocycles. The second kappa shape index (κ2) is 7.49. The first-order valence-electron chi connectivity index (χ1n) is 7.72. The Morgan fingerprint density at radius 1 is 1.00 bits per heavy atom. The van der Waals surface area contributed by atoms with Gasteiger partial charge in [0, 0.05) is 30.5 Å². The lowest BCUT2D eigenvalue weighted by Crippen LogP contribution is -2.28. The Balaban J connectivity index is 1.60. The van der Waals surface area contributed by atoms with Gasteiger partial charge >= 0.3 is 0 Å². The maximum absolute atomic E-state index is 12.2. The number of anilines is 3. The zero-order valence-corrected chi connectivity index (χ0v) is 13.5. The first-order chi connectivity index (χ1) is 11.2. The number of carbonyl (C=O) groups excluding carboxylic acids is 1. The van der Waals surface area contributed by atoms with E-state index in [9.17, 15) is 4.79 Å². The van der Waals surface area contributed by atoms with Gasteiger partial charge in [-0.05, 0) is 49.2 Å². The summed E-state index contributed by atoms with van der Waals surface area (Å²) < 4.78 is 5.28. The van der Waals surface area contributed by atoms with Crippen molar-refractivity contribution in [2.75, 3.05) is 23.8 Å². The van der Waals surface area contributed by atoms with E-state index in [2.05, 4.69) is 10.6 Å². The van der Waals surface area contributed by atoms with Crippen molar-refractivity contribution in [1.29, 1.82) is 0 Å². The Labute approximate surface area is 140 Å². The summed E-state index contributed by atoms with van der Waals surface area (Å²) in [7, 11) is 0. The third-order valence-corrected chi connectivity index (χ3v) is 4.23. The summed E-state index contributed by atoms with van der Waals surface area (Å²) in [5, 5.41) is 6.89. The van der Waals surface area contributed by atoms with Crippen LogP contribution in [0.1, 0.15) is 12.8 Å². The number of hydrogen-bond donors (Lipinski definition) is 2. The number of hydrogen-bond acceptors (Lipinski definition) is 3. The van der Waals surface area contributed by atoms with Crippen molar-refractivity contribution >= 4 is 34.6 Å². The normalized spacial score (nSPS) is 15.2. The fraction of sp³-hybridized carbons (Fsp3) is 0.278. The van der Waals surface area contributed by atoms with Gasteiger partial charge in [-0.25, -0.2) is 0 Å². The summed E-state index contributed by atoms with van der Waals surface area (Å²) in [6.45, 7) is 1.33. The van der Waals surface area contributed by atoms with Crippen molar-refractivity contribution in [2.45, 2.75) is 12.8 Å². The van der Waals surface area contributed by atoms with Crippen LogP contribution in [0, 0.1) is 5.92 Å². The van der Waals surface area contributed by atoms with Crippen LogP contribution in [0.15, 0.2) is 48.5 Å². The number of amides is 1. The van der Waals surface area contributed by atoms with Crippen molar-refractivity contribution < 1.29 is 9.53 Å². The molecule has 0 bridgehead atoms. The van der Waals surface area contributed by atoms with Crippen LogP contribution in [0.5, 0.6) is 0 Å². The molecule has 0 atom stereocenters. The van der Waals surface area contributed by atoms with Crippen LogP contribution < -0.4 is 10.6 Å². The minimum Gasteiger partial charge on any atom is -0.381 e. The summed E-state index contributed by atoms with van der Waals surface area (Å²) in [6.07, 6.45) is 1.58. The molecule has 1 aliphatic rings. The number of rotatable bonds is 4. The molecule has 0 spiro atoms. The maximum atomic E-state index is 12.2. The summed E-state index contributed by atoms with van der Waals surface area (Å²) in [4.78, 5) is 12.2. The fourth-order valence-electron chi connectivity index (χ4n) is 2.56. The monoisotopic (exact) mass is 330 g/mol. The Hall–Kier alpha value is -2.04. The minimum absolute atomic E-state index is 0.0460. The van der Waals surface area contributed by atoms with Crippen LogP contribution in [-0.2, 0) is 9.53 Å². The Kier molecular flexibility index (Phi) is 5.16. The Morgan fingerprint density at radius 3 is 2.35 bits per heavy atom. The first-order valence-corrected chi connectivity index (χ1v) is 8.10. The smallest absolute Gasteiger partial charge is 0.227 e. The Bertz CT molecular complexity index is 667. The van der Waals surface area contributed by atoms with Gasteiger partial charge in [0.2, 0.25) is 5.91 Å². The average Bonchev–Trinajstić information content (AvgIpc) is 2.59. The van der Waals surface area contributed by atoms with Crippen LogP contribution in [0.4, 0.5) is 17.1 Å². The number of ether oxygens (including phenoxy) is 1. The molecule has 1 amide bonds. The molecule has 1 fully saturated rings. The zero-order chi connectivity index (χ0) is 16.1. The topological polar surface area (TPSA) is 50.4 Å². The molecule has 120 valence electrons. The highest BCUT2D eigenvalue weighted by molar-refractivity contribution is 6.33. The molecule has 0 aromatic heterocycles. The molecule has 0 unspecified atom stereocenters. The van der Waals surface area contributed by atoms with Crippen LogP contribution in [-0.4, -0.2) is 19.1 Å². The lowest BCUT2D eigenvalue weighted by molar-refractivity contribution is -0.122. The Morgan fingerprint density at radius 2 is 1.65 bits per heavy atom. The molecular weight excluding hydrogens is 312 g/mol. The van der Waals surface area contributed by atoms with E-state index in [0.29, 0.717) is 18.2 Å². The fourth-order valence-corrected chi connectivity index (χ4v) is 2.74. The molecule has 23 heavy (non-hydrogen) atoms. The van der Waals surface area contributed by atoms with Gasteiger partial charge in [0.25, 0.3) is 0 Å². The largest absolute Gasteiger partial charge is 0.381 e. The quantitative estimate of drug-likeness (QED) is 0.870. The maximum Gasteiger partial charge on any atom is 0.227 e. The highest BCUT2D eigenvalue weighted by atomic mass is 35.5. The van der Waals surface area contributed by atoms with Crippen molar-refractivity contribution in [3.05, 3.63) is 53.6 Å². The highest BCUT2D eigenvalue weighted by Gasteiger charge is 2.21. The molecule has 1 saturated heterocycles. The molecule has 5 heteroatoms. The molecule has 0 radical (unpaired) electrons. The van der Waals surface area contributed by atoms with Gasteiger partial charge in [0.05, 0.1) is 10.7 Å². The van der Waals surface area contributed by atoms with E-state index in [1.807, 2.05) is 48.5 Å². The molecule has 0 aliphatic carbocycles. The van der Waals surface area contributed by atoms with Gasteiger partial charge in [0.15, 0.2) is 0 Å². The van der Waals surface area contributed by atoms with Gasteiger partial charge < -0.3 is 15.4 Å². The minimum atomic E-state index is 0.0460. The van der Waals surface area contributed by atoms with Crippen LogP contribution >= 0.6 is 11.6 Å². The molecular formula is C18H19ClN2O2. The number of para-hydroxylation sites is 1. The van der Waals surface area contributed by atoms with Crippen molar-refractivity contribution in [1.82, 2.24) is 0 Å². The number of nitrogens with one attached hydrogen (secondary N) is 2. The highest BCUT2D eigenvalue weighted by Crippen LogP contribution is 2.26. The molecule has 1 aliphatic heterocycles. The predicted octanol–water partition coefficient (Wildman–Crippen LogP) is 4.45. The number of benzene rings is 2. The van der Waals surface area contributed by atoms with Gasteiger partial charge in [-0.2, -0.15) is 0 Å². The van der Waals surface area contributed by atoms with E-state index in [4.69, 9.17) is 16.3 Å². The van der Waals surface area contributed by atoms with Crippen LogP contribution in [0.25, 0.3) is 0 Å². The van der Waals surface area contributed by atoms with E-state index in [-0.39, 0.29) is 11.8 Å². The number of carbonyl (C=O) groups is 1. The predicted molar refractivity (Wildman–Crippen MR) is 93.3 cm³/mol. The average molecular weight is 331 g/mol. The molecule has 2 N–H and O–H groups in total. The summed E-state index contributed by atoms with van der Waals surface area (Å²) in [5.41, 5.74) is 2.57. The summed E-state index contributed by atoms with van der Waals surface area (Å²) >= 11 is 6.13. The zero-order valence-electron chi connectivity index (χ0n) is 12.7. The van der Waals surface area contributed by atoms with Crippen LogP contribution in [0.3, 0.4) is 0 Å². The van der Waals surface area contributed by atoms with E-state index in [1.54, 1.807) is 0 Å². The first kappa shape index (κ1) is 15.8. The molecule has 2 aromatic rings. The van der Waals surface area contributed by atoms with Gasteiger partial charge in [0.1, 0.15) is 0 Å². The third-order valence-electron chi connectivity index (χ3n) is 3.90. The summed E-state index contributed by atoms with van der Waals surface area (Å²) in [5.74, 6) is 0.116. The van der Waals surface area contributed by atoms with Gasteiger partial charge in [-0.3, -0.25) is 4.79 Å². The number of halogens is 1. The van der Waals surface area contributed by atoms with Crippen molar-refractivity contribution in [3.63, 3.8) is 0 Å². The summed E-state index contributed by atoms with van der Waals surface area (Å²) in [6, 6.07) is 15.2.